The first-order valence-electron chi connectivity index (χ1n) is 7.83. The van der Waals surface area contributed by atoms with Crippen molar-refractivity contribution in [2.75, 3.05) is 26.3 Å². The van der Waals surface area contributed by atoms with Crippen molar-refractivity contribution in [3.63, 3.8) is 0 Å². The molecule has 0 spiro atoms. The van der Waals surface area contributed by atoms with Crippen LogP contribution >= 0.6 is 11.3 Å². The fraction of sp³-hybridized carbons (Fsp3) is 0.333. The average Bonchev–Trinajstić information content (AvgIpc) is 3.06. The summed E-state index contributed by atoms with van der Waals surface area (Å²) in [6.07, 6.45) is -0.932. The molecule has 24 heavy (non-hydrogen) atoms. The van der Waals surface area contributed by atoms with E-state index < -0.39 is 12.1 Å². The number of aryl methyl sites for hydroxylation is 1. The molecule has 5 nitrogen and oxygen atoms in total. The lowest BCUT2D eigenvalue weighted by molar-refractivity contribution is -0.145. The highest BCUT2D eigenvalue weighted by Crippen LogP contribution is 2.25. The number of hydrogen-bond acceptors (Lipinski definition) is 5. The third-order valence-electron chi connectivity index (χ3n) is 3.92. The average molecular weight is 345 g/mol. The molecule has 1 atom stereocenters. The molecule has 2 aromatic rings. The van der Waals surface area contributed by atoms with Crippen LogP contribution in [0.2, 0.25) is 0 Å². The van der Waals surface area contributed by atoms with Gasteiger partial charge in [-0.2, -0.15) is 0 Å². The molecule has 1 aliphatic rings. The maximum atomic E-state index is 12.9. The fourth-order valence-corrected chi connectivity index (χ4v) is 3.39. The van der Waals surface area contributed by atoms with E-state index in [0.717, 1.165) is 5.56 Å². The summed E-state index contributed by atoms with van der Waals surface area (Å²) in [6.45, 7) is 3.89. The molecule has 1 aliphatic heterocycles. The number of carbonyl (C=O) groups excluding carboxylic acids is 2. The molecule has 0 N–H and O–H groups in total. The van der Waals surface area contributed by atoms with Crippen LogP contribution in [0.3, 0.4) is 0 Å². The first-order chi connectivity index (χ1) is 11.7. The second kappa shape index (κ2) is 7.59. The van der Waals surface area contributed by atoms with Crippen molar-refractivity contribution in [2.45, 2.75) is 13.0 Å². The van der Waals surface area contributed by atoms with Gasteiger partial charge in [0.15, 0.2) is 0 Å². The van der Waals surface area contributed by atoms with Gasteiger partial charge in [0.2, 0.25) is 6.10 Å². The Morgan fingerprint density at radius 1 is 1.17 bits per heavy atom. The van der Waals surface area contributed by atoms with E-state index in [1.54, 1.807) is 17.0 Å². The van der Waals surface area contributed by atoms with Crippen molar-refractivity contribution in [3.05, 3.63) is 57.8 Å². The van der Waals surface area contributed by atoms with Crippen LogP contribution in [0.5, 0.6) is 0 Å². The summed E-state index contributed by atoms with van der Waals surface area (Å²) >= 11 is 1.32. The highest BCUT2D eigenvalue weighted by molar-refractivity contribution is 7.12. The number of esters is 1. The van der Waals surface area contributed by atoms with Crippen LogP contribution in [0.25, 0.3) is 0 Å². The van der Waals surface area contributed by atoms with E-state index >= 15 is 0 Å². The van der Waals surface area contributed by atoms with Crippen LogP contribution in [-0.2, 0) is 14.3 Å². The van der Waals surface area contributed by atoms with Crippen molar-refractivity contribution in [1.82, 2.24) is 4.90 Å². The number of rotatable bonds is 4. The summed E-state index contributed by atoms with van der Waals surface area (Å²) in [5, 5.41) is 1.84. The maximum Gasteiger partial charge on any atom is 0.349 e. The van der Waals surface area contributed by atoms with Crippen molar-refractivity contribution in [1.29, 1.82) is 0 Å². The number of hydrogen-bond donors (Lipinski definition) is 0. The third kappa shape index (κ3) is 3.66. The molecule has 126 valence electrons. The first-order valence-corrected chi connectivity index (χ1v) is 8.71. The van der Waals surface area contributed by atoms with E-state index in [0.29, 0.717) is 36.7 Å². The highest BCUT2D eigenvalue weighted by atomic mass is 32.1. The molecular formula is C18H19NO4S. The Labute approximate surface area is 144 Å². The maximum absolute atomic E-state index is 12.9. The predicted molar refractivity (Wildman–Crippen MR) is 91.1 cm³/mol. The zero-order valence-electron chi connectivity index (χ0n) is 13.4. The summed E-state index contributed by atoms with van der Waals surface area (Å²) in [6, 6.07) is 11.0. The van der Waals surface area contributed by atoms with Crippen LogP contribution in [0.1, 0.15) is 26.9 Å². The minimum Gasteiger partial charge on any atom is -0.443 e. The smallest absolute Gasteiger partial charge is 0.349 e. The number of benzene rings is 1. The summed E-state index contributed by atoms with van der Waals surface area (Å²) in [7, 11) is 0. The zero-order valence-corrected chi connectivity index (χ0v) is 14.3. The molecule has 1 amide bonds. The second-order valence-electron chi connectivity index (χ2n) is 5.57. The number of thiophene rings is 1. The van der Waals surface area contributed by atoms with E-state index in [-0.39, 0.29) is 5.91 Å². The molecule has 0 aliphatic carbocycles. The molecule has 1 aromatic heterocycles. The summed E-state index contributed by atoms with van der Waals surface area (Å²) in [4.78, 5) is 27.6. The van der Waals surface area contributed by atoms with E-state index in [9.17, 15) is 9.59 Å². The van der Waals surface area contributed by atoms with E-state index in [1.165, 1.54) is 11.3 Å². The topological polar surface area (TPSA) is 55.8 Å². The molecule has 2 heterocycles. The molecule has 0 unspecified atom stereocenters. The quantitative estimate of drug-likeness (QED) is 0.800. The molecule has 6 heteroatoms. The molecule has 3 rings (SSSR count). The van der Waals surface area contributed by atoms with Gasteiger partial charge in [-0.05, 0) is 23.9 Å². The van der Waals surface area contributed by atoms with Gasteiger partial charge in [-0.3, -0.25) is 4.79 Å². The first kappa shape index (κ1) is 16.7. The normalized spacial score (nSPS) is 15.8. The van der Waals surface area contributed by atoms with Gasteiger partial charge in [-0.1, -0.05) is 30.3 Å². The molecule has 0 radical (unpaired) electrons. The Kier molecular flexibility index (Phi) is 5.27. The predicted octanol–water partition coefficient (Wildman–Crippen LogP) is 2.81. The molecule has 1 saturated heterocycles. The van der Waals surface area contributed by atoms with Crippen molar-refractivity contribution in [2.24, 2.45) is 0 Å². The van der Waals surface area contributed by atoms with Gasteiger partial charge in [0, 0.05) is 18.7 Å². The van der Waals surface area contributed by atoms with Crippen molar-refractivity contribution < 1.29 is 19.1 Å². The number of ether oxygens (including phenoxy) is 2. The van der Waals surface area contributed by atoms with Crippen molar-refractivity contribution >= 4 is 23.2 Å². The van der Waals surface area contributed by atoms with Crippen LogP contribution in [0, 0.1) is 6.92 Å². The standard InChI is InChI=1S/C18H19NO4S/c1-13-7-12-24-16(13)18(21)23-15(14-5-3-2-4-6-14)17(20)19-8-10-22-11-9-19/h2-7,12,15H,8-11H2,1H3/t15-/m0/s1. The monoisotopic (exact) mass is 345 g/mol. The van der Waals surface area contributed by atoms with Gasteiger partial charge in [0.1, 0.15) is 4.88 Å². The number of morpholine rings is 1. The van der Waals surface area contributed by atoms with Gasteiger partial charge in [0.25, 0.3) is 5.91 Å². The minimum absolute atomic E-state index is 0.202. The molecule has 1 aromatic carbocycles. The lowest BCUT2D eigenvalue weighted by Crippen LogP contribution is -2.44. The van der Waals surface area contributed by atoms with Gasteiger partial charge in [-0.25, -0.2) is 4.79 Å². The molecular weight excluding hydrogens is 326 g/mol. The Balaban J connectivity index is 1.83. The molecule has 0 bridgehead atoms. The lowest BCUT2D eigenvalue weighted by Gasteiger charge is -2.30. The largest absolute Gasteiger partial charge is 0.443 e. The number of amides is 1. The fourth-order valence-electron chi connectivity index (χ4n) is 2.58. The molecule has 1 fully saturated rings. The van der Waals surface area contributed by atoms with Gasteiger partial charge < -0.3 is 14.4 Å². The van der Waals surface area contributed by atoms with Crippen LogP contribution in [0.4, 0.5) is 0 Å². The summed E-state index contributed by atoms with van der Waals surface area (Å²) in [5.41, 5.74) is 1.53. The van der Waals surface area contributed by atoms with Gasteiger partial charge in [-0.15, -0.1) is 11.3 Å². The lowest BCUT2D eigenvalue weighted by atomic mass is 10.1. The third-order valence-corrected chi connectivity index (χ3v) is 4.92. The zero-order chi connectivity index (χ0) is 16.9. The van der Waals surface area contributed by atoms with Crippen LogP contribution < -0.4 is 0 Å². The summed E-state index contributed by atoms with van der Waals surface area (Å²) < 4.78 is 10.9. The van der Waals surface area contributed by atoms with Crippen LogP contribution in [0.15, 0.2) is 41.8 Å². The second-order valence-corrected chi connectivity index (χ2v) is 6.48. The van der Waals surface area contributed by atoms with E-state index in [2.05, 4.69) is 0 Å². The molecule has 0 saturated carbocycles. The highest BCUT2D eigenvalue weighted by Gasteiger charge is 2.31. The summed E-state index contributed by atoms with van der Waals surface area (Å²) in [5.74, 6) is -0.662. The van der Waals surface area contributed by atoms with Crippen molar-refractivity contribution in [3.8, 4) is 0 Å². The number of carbonyl (C=O) groups is 2. The number of nitrogens with zero attached hydrogens (tertiary/aromatic N) is 1. The van der Waals surface area contributed by atoms with Gasteiger partial charge >= 0.3 is 5.97 Å². The van der Waals surface area contributed by atoms with Crippen LogP contribution in [-0.4, -0.2) is 43.1 Å². The Morgan fingerprint density at radius 3 is 2.50 bits per heavy atom. The Hall–Kier alpha value is -2.18. The Bertz CT molecular complexity index is 707. The van der Waals surface area contributed by atoms with Gasteiger partial charge in [0.05, 0.1) is 13.2 Å². The van der Waals surface area contributed by atoms with E-state index in [4.69, 9.17) is 9.47 Å². The Morgan fingerprint density at radius 2 is 1.88 bits per heavy atom. The van der Waals surface area contributed by atoms with E-state index in [1.807, 2.05) is 36.6 Å². The minimum atomic E-state index is -0.932. The SMILES string of the molecule is Cc1ccsc1C(=O)O[C@H](C(=O)N1CCOCC1)c1ccccc1.